The Kier molecular flexibility index (Phi) is 11.1. The molecule has 0 aromatic carbocycles. The Bertz CT molecular complexity index is 344. The average Bonchev–Trinajstić information content (AvgIpc) is 2.49. The van der Waals surface area contributed by atoms with Gasteiger partial charge in [-0.3, -0.25) is 4.79 Å². The minimum absolute atomic E-state index is 0.211. The quantitative estimate of drug-likeness (QED) is 0.338. The zero-order chi connectivity index (χ0) is 18.8. The third-order valence-corrected chi connectivity index (χ3v) is 5.35. The summed E-state index contributed by atoms with van der Waals surface area (Å²) < 4.78 is 2.00. The molecule has 0 aromatic heterocycles. The van der Waals surface area contributed by atoms with Gasteiger partial charge in [-0.15, -0.1) is 0 Å². The second-order valence-corrected chi connectivity index (χ2v) is 9.44. The zero-order valence-corrected chi connectivity index (χ0v) is 18.0. The number of ketones is 1. The number of Topliss-reactive ketones (excluding diaryl/α,β-unsaturated/α-hetero) is 1. The molecule has 0 radical (unpaired) electrons. The highest BCUT2D eigenvalue weighted by Gasteiger charge is 2.27. The summed E-state index contributed by atoms with van der Waals surface area (Å²) in [4.78, 5) is 12.8. The number of hydrogen-bond donors (Lipinski definition) is 0. The van der Waals surface area contributed by atoms with Gasteiger partial charge in [0.25, 0.3) is 0 Å². The fourth-order valence-electron chi connectivity index (χ4n) is 3.16. The van der Waals surface area contributed by atoms with Crippen LogP contribution in [0.4, 0.5) is 0 Å². The van der Waals surface area contributed by atoms with Gasteiger partial charge in [0.1, 0.15) is 5.78 Å². The topological polar surface area (TPSA) is 17.1 Å². The number of carbonyl (C=O) groups excluding carboxylic acids is 1. The van der Waals surface area contributed by atoms with Crippen molar-refractivity contribution in [3.05, 3.63) is 0 Å². The van der Waals surface area contributed by atoms with E-state index in [9.17, 15) is 4.79 Å². The van der Waals surface area contributed by atoms with Crippen LogP contribution in [0.5, 0.6) is 0 Å². The molecule has 0 heterocycles. The third kappa shape index (κ3) is 11.2. The summed E-state index contributed by atoms with van der Waals surface area (Å²) in [7, 11) is 11.3. The standard InChI is InChI=1S/C21H46N2O/c1-9-11-12-13-16-23(7,8)18-15-20(14-17-22(4,5)6)21(24)19(3)10-2/h19-20H,9-18H2,1-8H3/q+2. The van der Waals surface area contributed by atoms with Crippen molar-refractivity contribution in [2.75, 3.05) is 54.9 Å². The second kappa shape index (κ2) is 11.3. The fraction of sp³-hybridized carbons (Fsp3) is 0.952. The molecular weight excluding hydrogens is 296 g/mol. The van der Waals surface area contributed by atoms with E-state index in [-0.39, 0.29) is 11.8 Å². The van der Waals surface area contributed by atoms with Gasteiger partial charge in [-0.25, -0.2) is 0 Å². The molecule has 3 heteroatoms. The lowest BCUT2D eigenvalue weighted by atomic mass is 9.87. The molecule has 0 rings (SSSR count). The van der Waals surface area contributed by atoms with Crippen molar-refractivity contribution in [3.63, 3.8) is 0 Å². The van der Waals surface area contributed by atoms with E-state index in [1.54, 1.807) is 0 Å². The first-order valence-corrected chi connectivity index (χ1v) is 10.2. The number of quaternary nitrogens is 2. The summed E-state index contributed by atoms with van der Waals surface area (Å²) in [6.07, 6.45) is 8.34. The monoisotopic (exact) mass is 342 g/mol. The number of hydrogen-bond acceptors (Lipinski definition) is 1. The summed E-state index contributed by atoms with van der Waals surface area (Å²) in [5.74, 6) is 0.949. The van der Waals surface area contributed by atoms with Crippen LogP contribution in [0.15, 0.2) is 0 Å². The molecule has 0 spiro atoms. The van der Waals surface area contributed by atoms with Crippen molar-refractivity contribution in [2.24, 2.45) is 11.8 Å². The lowest BCUT2D eigenvalue weighted by Gasteiger charge is -2.32. The van der Waals surface area contributed by atoms with Crippen LogP contribution < -0.4 is 0 Å². The van der Waals surface area contributed by atoms with Crippen LogP contribution in [0.25, 0.3) is 0 Å². The van der Waals surface area contributed by atoms with Gasteiger partial charge in [-0.1, -0.05) is 33.6 Å². The van der Waals surface area contributed by atoms with Gasteiger partial charge in [0.15, 0.2) is 0 Å². The van der Waals surface area contributed by atoms with Gasteiger partial charge >= 0.3 is 0 Å². The van der Waals surface area contributed by atoms with Gasteiger partial charge in [-0.05, 0) is 19.3 Å². The average molecular weight is 343 g/mol. The van der Waals surface area contributed by atoms with Gasteiger partial charge in [0.05, 0.1) is 54.9 Å². The molecule has 0 fully saturated rings. The Labute approximate surface area is 152 Å². The van der Waals surface area contributed by atoms with E-state index in [1.165, 1.54) is 32.2 Å². The highest BCUT2D eigenvalue weighted by Crippen LogP contribution is 2.20. The molecular formula is C21H46N2O+2. The third-order valence-electron chi connectivity index (χ3n) is 5.35. The zero-order valence-electron chi connectivity index (χ0n) is 18.0. The molecule has 0 saturated heterocycles. The minimum atomic E-state index is 0.211. The molecule has 0 saturated carbocycles. The highest BCUT2D eigenvalue weighted by atomic mass is 16.1. The summed E-state index contributed by atoms with van der Waals surface area (Å²) in [5.41, 5.74) is 0. The van der Waals surface area contributed by atoms with Crippen molar-refractivity contribution in [3.8, 4) is 0 Å². The van der Waals surface area contributed by atoms with Gasteiger partial charge in [-0.2, -0.15) is 0 Å². The van der Waals surface area contributed by atoms with E-state index in [0.29, 0.717) is 5.78 Å². The van der Waals surface area contributed by atoms with E-state index in [4.69, 9.17) is 0 Å². The van der Waals surface area contributed by atoms with E-state index in [1.807, 2.05) is 0 Å². The largest absolute Gasteiger partial charge is 0.331 e. The Balaban J connectivity index is 4.59. The van der Waals surface area contributed by atoms with Gasteiger partial charge < -0.3 is 8.97 Å². The predicted octanol–water partition coefficient (Wildman–Crippen LogP) is 4.36. The first-order chi connectivity index (χ1) is 11.0. The SMILES string of the molecule is CCCCCC[N+](C)(C)CCC(CC[N+](C)(C)C)C(=O)C(C)CC. The van der Waals surface area contributed by atoms with E-state index >= 15 is 0 Å². The molecule has 0 aliphatic carbocycles. The Hall–Kier alpha value is -0.410. The first kappa shape index (κ1) is 23.6. The smallest absolute Gasteiger partial charge is 0.139 e. The normalized spacial score (nSPS) is 15.3. The van der Waals surface area contributed by atoms with Gasteiger partial charge in [0.2, 0.25) is 0 Å². The van der Waals surface area contributed by atoms with Crippen LogP contribution in [-0.2, 0) is 4.79 Å². The second-order valence-electron chi connectivity index (χ2n) is 9.44. The molecule has 2 atom stereocenters. The molecule has 0 aliphatic rings. The van der Waals surface area contributed by atoms with E-state index in [0.717, 1.165) is 41.3 Å². The minimum Gasteiger partial charge on any atom is -0.331 e. The molecule has 0 amide bonds. The number of nitrogens with zero attached hydrogens (tertiary/aromatic N) is 2. The highest BCUT2D eigenvalue weighted by molar-refractivity contribution is 5.83. The van der Waals surface area contributed by atoms with Crippen LogP contribution in [0, 0.1) is 11.8 Å². The summed E-state index contributed by atoms with van der Waals surface area (Å²) in [6.45, 7) is 9.94. The molecule has 0 aromatic rings. The molecule has 0 N–H and O–H groups in total. The predicted molar refractivity (Wildman–Crippen MR) is 106 cm³/mol. The Morgan fingerprint density at radius 3 is 1.92 bits per heavy atom. The first-order valence-electron chi connectivity index (χ1n) is 10.2. The summed E-state index contributed by atoms with van der Waals surface area (Å²) in [6, 6.07) is 0. The maximum absolute atomic E-state index is 12.8. The molecule has 2 unspecified atom stereocenters. The molecule has 3 nitrogen and oxygen atoms in total. The number of rotatable bonds is 14. The maximum Gasteiger partial charge on any atom is 0.139 e. The van der Waals surface area contributed by atoms with Crippen LogP contribution in [0.1, 0.15) is 65.7 Å². The van der Waals surface area contributed by atoms with Crippen molar-refractivity contribution in [1.82, 2.24) is 0 Å². The Morgan fingerprint density at radius 2 is 1.42 bits per heavy atom. The van der Waals surface area contributed by atoms with Crippen molar-refractivity contribution >= 4 is 5.78 Å². The fourth-order valence-corrected chi connectivity index (χ4v) is 3.16. The lowest BCUT2D eigenvalue weighted by Crippen LogP contribution is -2.43. The summed E-state index contributed by atoms with van der Waals surface area (Å²) in [5, 5.41) is 0. The molecule has 0 aliphatic heterocycles. The Morgan fingerprint density at radius 1 is 0.833 bits per heavy atom. The lowest BCUT2D eigenvalue weighted by molar-refractivity contribution is -0.891. The molecule has 24 heavy (non-hydrogen) atoms. The van der Waals surface area contributed by atoms with Crippen LogP contribution in [0.3, 0.4) is 0 Å². The van der Waals surface area contributed by atoms with Crippen LogP contribution >= 0.6 is 0 Å². The molecule has 144 valence electrons. The van der Waals surface area contributed by atoms with Crippen molar-refractivity contribution in [2.45, 2.75) is 65.7 Å². The van der Waals surface area contributed by atoms with E-state index in [2.05, 4.69) is 56.0 Å². The number of carbonyl (C=O) groups is 1. The summed E-state index contributed by atoms with van der Waals surface area (Å²) >= 11 is 0. The van der Waals surface area contributed by atoms with Crippen molar-refractivity contribution in [1.29, 1.82) is 0 Å². The molecule has 0 bridgehead atoms. The van der Waals surface area contributed by atoms with E-state index < -0.39 is 0 Å². The van der Waals surface area contributed by atoms with Gasteiger partial charge in [0, 0.05) is 24.7 Å². The van der Waals surface area contributed by atoms with Crippen molar-refractivity contribution < 1.29 is 13.8 Å². The number of unbranched alkanes of at least 4 members (excludes halogenated alkanes) is 3. The van der Waals surface area contributed by atoms with Crippen LogP contribution in [0.2, 0.25) is 0 Å². The van der Waals surface area contributed by atoms with Crippen LogP contribution in [-0.4, -0.2) is 69.6 Å². The maximum atomic E-state index is 12.8.